The van der Waals surface area contributed by atoms with E-state index in [1.165, 1.54) is 17.5 Å². The maximum Gasteiger partial charge on any atom is 0.123 e. The van der Waals surface area contributed by atoms with Gasteiger partial charge in [0.15, 0.2) is 0 Å². The van der Waals surface area contributed by atoms with E-state index in [1.807, 2.05) is 18.2 Å². The van der Waals surface area contributed by atoms with E-state index in [-0.39, 0.29) is 5.82 Å². The van der Waals surface area contributed by atoms with Crippen LogP contribution in [0, 0.1) is 5.82 Å². The third kappa shape index (κ3) is 2.70. The molecule has 0 aliphatic rings. The second kappa shape index (κ2) is 5.43. The maximum atomic E-state index is 12.9. The Morgan fingerprint density at radius 1 is 0.850 bits per heavy atom. The maximum absolute atomic E-state index is 12.9. The molecule has 1 nitrogen and oxygen atoms in total. The van der Waals surface area contributed by atoms with Crippen LogP contribution in [-0.4, -0.2) is 5.11 Å². The van der Waals surface area contributed by atoms with Gasteiger partial charge in [-0.2, -0.15) is 0 Å². The largest absolute Gasteiger partial charge is 0.388 e. The second-order valence-electron chi connectivity index (χ2n) is 4.95. The topological polar surface area (TPSA) is 20.2 Å². The Morgan fingerprint density at radius 2 is 1.55 bits per heavy atom. The number of halogens is 1. The third-order valence-corrected chi connectivity index (χ3v) is 3.50. The molecule has 1 atom stereocenters. The number of aliphatic hydroxyl groups is 1. The fourth-order valence-corrected chi connectivity index (χ4v) is 2.39. The van der Waals surface area contributed by atoms with Crippen LogP contribution in [0.5, 0.6) is 0 Å². The van der Waals surface area contributed by atoms with Crippen molar-refractivity contribution in [3.63, 3.8) is 0 Å². The average molecular weight is 266 g/mol. The summed E-state index contributed by atoms with van der Waals surface area (Å²) in [7, 11) is 0. The number of fused-ring (bicyclic) bond motifs is 1. The first-order valence-corrected chi connectivity index (χ1v) is 6.63. The summed E-state index contributed by atoms with van der Waals surface area (Å²) in [5.41, 5.74) is 1.81. The zero-order valence-electron chi connectivity index (χ0n) is 11.0. The van der Waals surface area contributed by atoms with E-state index < -0.39 is 6.10 Å². The zero-order valence-corrected chi connectivity index (χ0v) is 11.0. The fraction of sp³-hybridized carbons (Fsp3) is 0.111. The molecule has 0 spiro atoms. The molecule has 2 heteroatoms. The lowest BCUT2D eigenvalue weighted by molar-refractivity contribution is 0.178. The van der Waals surface area contributed by atoms with Gasteiger partial charge in [-0.25, -0.2) is 4.39 Å². The quantitative estimate of drug-likeness (QED) is 0.751. The molecule has 0 bridgehead atoms. The summed E-state index contributed by atoms with van der Waals surface area (Å²) in [6.07, 6.45) is -0.0898. The standard InChI is InChI=1S/C18H15FO/c19-17-9-7-15(8-10-17)18(20)12-13-5-6-14-3-1-2-4-16(14)11-13/h1-11,18,20H,12H2. The van der Waals surface area contributed by atoms with E-state index in [2.05, 4.69) is 24.3 Å². The first-order chi connectivity index (χ1) is 9.72. The van der Waals surface area contributed by atoms with E-state index >= 15 is 0 Å². The monoisotopic (exact) mass is 266 g/mol. The summed E-state index contributed by atoms with van der Waals surface area (Å²) in [6.45, 7) is 0. The van der Waals surface area contributed by atoms with Gasteiger partial charge in [-0.15, -0.1) is 0 Å². The number of benzene rings is 3. The molecule has 20 heavy (non-hydrogen) atoms. The summed E-state index contributed by atoms with van der Waals surface area (Å²) >= 11 is 0. The summed E-state index contributed by atoms with van der Waals surface area (Å²) in [5, 5.41) is 12.6. The minimum absolute atomic E-state index is 0.286. The fourth-order valence-electron chi connectivity index (χ4n) is 2.39. The van der Waals surface area contributed by atoms with Crippen LogP contribution in [0.4, 0.5) is 4.39 Å². The first-order valence-electron chi connectivity index (χ1n) is 6.63. The lowest BCUT2D eigenvalue weighted by Gasteiger charge is -2.11. The zero-order chi connectivity index (χ0) is 13.9. The molecule has 0 amide bonds. The van der Waals surface area contributed by atoms with Crippen LogP contribution < -0.4 is 0 Å². The molecule has 0 aliphatic carbocycles. The van der Waals surface area contributed by atoms with Crippen molar-refractivity contribution in [1.29, 1.82) is 0 Å². The molecule has 3 rings (SSSR count). The molecule has 0 saturated heterocycles. The molecular weight excluding hydrogens is 251 g/mol. The highest BCUT2D eigenvalue weighted by atomic mass is 19.1. The van der Waals surface area contributed by atoms with Crippen molar-refractivity contribution in [2.75, 3.05) is 0 Å². The molecule has 0 aromatic heterocycles. The van der Waals surface area contributed by atoms with Crippen molar-refractivity contribution in [1.82, 2.24) is 0 Å². The van der Waals surface area contributed by atoms with Crippen LogP contribution in [0.15, 0.2) is 66.7 Å². The van der Waals surface area contributed by atoms with Gasteiger partial charge in [-0.1, -0.05) is 54.6 Å². The molecule has 0 fully saturated rings. The van der Waals surface area contributed by atoms with Crippen molar-refractivity contribution in [2.45, 2.75) is 12.5 Å². The molecule has 100 valence electrons. The average Bonchev–Trinajstić information content (AvgIpc) is 2.48. The molecule has 0 saturated carbocycles. The van der Waals surface area contributed by atoms with E-state index in [0.717, 1.165) is 16.5 Å². The Balaban J connectivity index is 1.83. The number of aliphatic hydroxyl groups excluding tert-OH is 1. The van der Waals surface area contributed by atoms with E-state index in [9.17, 15) is 9.50 Å². The predicted molar refractivity (Wildman–Crippen MR) is 79.0 cm³/mol. The van der Waals surface area contributed by atoms with Gasteiger partial charge in [-0.3, -0.25) is 0 Å². The molecule has 1 N–H and O–H groups in total. The van der Waals surface area contributed by atoms with Crippen LogP contribution in [0.25, 0.3) is 10.8 Å². The lowest BCUT2D eigenvalue weighted by atomic mass is 9.99. The Labute approximate surface area is 117 Å². The summed E-state index contributed by atoms with van der Waals surface area (Å²) < 4.78 is 12.9. The van der Waals surface area contributed by atoms with Crippen molar-refractivity contribution < 1.29 is 9.50 Å². The van der Waals surface area contributed by atoms with Gasteiger partial charge in [0.1, 0.15) is 5.82 Å². The molecule has 0 radical (unpaired) electrons. The summed E-state index contributed by atoms with van der Waals surface area (Å²) in [5.74, 6) is -0.286. The Kier molecular flexibility index (Phi) is 3.48. The van der Waals surface area contributed by atoms with E-state index in [0.29, 0.717) is 6.42 Å². The normalized spacial score (nSPS) is 12.5. The highest BCUT2D eigenvalue weighted by Crippen LogP contribution is 2.22. The highest BCUT2D eigenvalue weighted by molar-refractivity contribution is 5.83. The van der Waals surface area contributed by atoms with Gasteiger partial charge in [0.05, 0.1) is 6.10 Å². The molecule has 3 aromatic rings. The number of hydrogen-bond donors (Lipinski definition) is 1. The minimum Gasteiger partial charge on any atom is -0.388 e. The molecule has 0 aliphatic heterocycles. The van der Waals surface area contributed by atoms with Crippen LogP contribution in [0.3, 0.4) is 0 Å². The van der Waals surface area contributed by atoms with Gasteiger partial charge in [0.25, 0.3) is 0 Å². The van der Waals surface area contributed by atoms with Crippen molar-refractivity contribution >= 4 is 10.8 Å². The molecule has 1 unspecified atom stereocenters. The summed E-state index contributed by atoms with van der Waals surface area (Å²) in [4.78, 5) is 0. The van der Waals surface area contributed by atoms with Crippen LogP contribution >= 0.6 is 0 Å². The van der Waals surface area contributed by atoms with Crippen LogP contribution in [0.2, 0.25) is 0 Å². The highest BCUT2D eigenvalue weighted by Gasteiger charge is 2.09. The first kappa shape index (κ1) is 12.8. The van der Waals surface area contributed by atoms with Gasteiger partial charge in [-0.05, 0) is 34.0 Å². The van der Waals surface area contributed by atoms with Crippen LogP contribution in [-0.2, 0) is 6.42 Å². The van der Waals surface area contributed by atoms with Crippen molar-refractivity contribution in [3.8, 4) is 0 Å². The number of rotatable bonds is 3. The van der Waals surface area contributed by atoms with Gasteiger partial charge in [0, 0.05) is 6.42 Å². The van der Waals surface area contributed by atoms with E-state index in [4.69, 9.17) is 0 Å². The Morgan fingerprint density at radius 3 is 2.30 bits per heavy atom. The van der Waals surface area contributed by atoms with Gasteiger partial charge >= 0.3 is 0 Å². The second-order valence-corrected chi connectivity index (χ2v) is 4.95. The van der Waals surface area contributed by atoms with Gasteiger partial charge < -0.3 is 5.11 Å². The summed E-state index contributed by atoms with van der Waals surface area (Å²) in [6, 6.07) is 20.3. The minimum atomic E-state index is -0.614. The van der Waals surface area contributed by atoms with Crippen molar-refractivity contribution in [2.24, 2.45) is 0 Å². The predicted octanol–water partition coefficient (Wildman–Crippen LogP) is 4.26. The molecule has 0 heterocycles. The van der Waals surface area contributed by atoms with Gasteiger partial charge in [0.2, 0.25) is 0 Å². The van der Waals surface area contributed by atoms with Crippen LogP contribution in [0.1, 0.15) is 17.2 Å². The van der Waals surface area contributed by atoms with E-state index in [1.54, 1.807) is 12.1 Å². The number of hydrogen-bond acceptors (Lipinski definition) is 1. The Hall–Kier alpha value is -2.19. The SMILES string of the molecule is OC(Cc1ccc2ccccc2c1)c1ccc(F)cc1. The van der Waals surface area contributed by atoms with Crippen molar-refractivity contribution in [3.05, 3.63) is 83.7 Å². The smallest absolute Gasteiger partial charge is 0.123 e. The molecular formula is C18H15FO. The third-order valence-electron chi connectivity index (χ3n) is 3.50. The molecule has 3 aromatic carbocycles. The lowest BCUT2D eigenvalue weighted by Crippen LogP contribution is -2.01. The Bertz CT molecular complexity index is 719.